The summed E-state index contributed by atoms with van der Waals surface area (Å²) in [5, 5.41) is 3.47. The van der Waals surface area contributed by atoms with Crippen molar-refractivity contribution in [2.24, 2.45) is 0 Å². The minimum atomic E-state index is -0.601. The number of ether oxygens (including phenoxy) is 2. The third-order valence-electron chi connectivity index (χ3n) is 4.70. The van der Waals surface area contributed by atoms with Crippen LogP contribution < -0.4 is 14.8 Å². The average molecular weight is 447 g/mol. The molecule has 0 bridgehead atoms. The molecule has 31 heavy (non-hydrogen) atoms. The Bertz CT molecular complexity index is 855. The maximum atomic E-state index is 13.0. The Balaban J connectivity index is 1.98. The first-order valence-electron chi connectivity index (χ1n) is 10.4. The monoisotopic (exact) mass is 446 g/mol. The molecule has 0 heterocycles. The second kappa shape index (κ2) is 12.2. The van der Waals surface area contributed by atoms with Crippen LogP contribution in [0.2, 0.25) is 5.02 Å². The van der Waals surface area contributed by atoms with Gasteiger partial charge in [-0.2, -0.15) is 0 Å². The fourth-order valence-corrected chi connectivity index (χ4v) is 3.26. The smallest absolute Gasteiger partial charge is 0.242 e. The highest BCUT2D eigenvalue weighted by molar-refractivity contribution is 6.30. The average Bonchev–Trinajstić information content (AvgIpc) is 2.74. The normalized spacial score (nSPS) is 11.7. The molecular formula is C24H31ClN2O4. The summed E-state index contributed by atoms with van der Waals surface area (Å²) in [5.74, 6) is 1.19. The zero-order valence-electron chi connectivity index (χ0n) is 18.6. The van der Waals surface area contributed by atoms with Crippen LogP contribution in [0.4, 0.5) is 0 Å². The van der Waals surface area contributed by atoms with Crippen molar-refractivity contribution in [3.8, 4) is 11.5 Å². The van der Waals surface area contributed by atoms with Crippen LogP contribution in [0.25, 0.3) is 0 Å². The first-order valence-corrected chi connectivity index (χ1v) is 10.8. The van der Waals surface area contributed by atoms with E-state index in [-0.39, 0.29) is 24.3 Å². The Morgan fingerprint density at radius 1 is 1.06 bits per heavy atom. The van der Waals surface area contributed by atoms with Crippen LogP contribution in [-0.4, -0.2) is 42.5 Å². The van der Waals surface area contributed by atoms with Gasteiger partial charge in [0.05, 0.1) is 13.7 Å². The van der Waals surface area contributed by atoms with E-state index in [0.29, 0.717) is 30.3 Å². The molecule has 168 valence electrons. The molecule has 0 aliphatic heterocycles. The van der Waals surface area contributed by atoms with Crippen LogP contribution in [0.5, 0.6) is 11.5 Å². The number of hydrogen-bond donors (Lipinski definition) is 1. The van der Waals surface area contributed by atoms with Crippen LogP contribution >= 0.6 is 11.6 Å². The van der Waals surface area contributed by atoms with Crippen molar-refractivity contribution in [1.82, 2.24) is 10.2 Å². The molecule has 0 aliphatic rings. The summed E-state index contributed by atoms with van der Waals surface area (Å²) in [6.07, 6.45) is 0.811. The Labute approximate surface area is 189 Å². The summed E-state index contributed by atoms with van der Waals surface area (Å²) >= 11 is 6.09. The molecule has 0 aromatic heterocycles. The number of halogens is 1. The molecule has 6 nitrogen and oxygen atoms in total. The Morgan fingerprint density at radius 2 is 1.74 bits per heavy atom. The molecule has 0 saturated heterocycles. The molecule has 0 fully saturated rings. The quantitative estimate of drug-likeness (QED) is 0.518. The van der Waals surface area contributed by atoms with Crippen LogP contribution in [0.15, 0.2) is 48.5 Å². The molecule has 2 aromatic carbocycles. The van der Waals surface area contributed by atoms with E-state index in [9.17, 15) is 9.59 Å². The molecule has 0 saturated carbocycles. The maximum absolute atomic E-state index is 13.0. The lowest BCUT2D eigenvalue weighted by molar-refractivity contribution is -0.141. The minimum absolute atomic E-state index is 0.00373. The van der Waals surface area contributed by atoms with E-state index in [1.807, 2.05) is 56.3 Å². The van der Waals surface area contributed by atoms with Gasteiger partial charge in [-0.3, -0.25) is 9.59 Å². The van der Waals surface area contributed by atoms with Crippen molar-refractivity contribution < 1.29 is 19.1 Å². The highest BCUT2D eigenvalue weighted by Gasteiger charge is 2.26. The summed E-state index contributed by atoms with van der Waals surface area (Å²) in [4.78, 5) is 27.2. The van der Waals surface area contributed by atoms with E-state index >= 15 is 0 Å². The SMILES string of the molecule is COc1ccc(OCCCC(=O)N(Cc2cccc(Cl)c2)C(C)C(=O)NC(C)C)cc1. The van der Waals surface area contributed by atoms with E-state index in [0.717, 1.165) is 11.3 Å². The third kappa shape index (κ3) is 8.13. The molecule has 2 aromatic rings. The number of hydrogen-bond acceptors (Lipinski definition) is 4. The van der Waals surface area contributed by atoms with Crippen LogP contribution in [-0.2, 0) is 16.1 Å². The van der Waals surface area contributed by atoms with Crippen molar-refractivity contribution >= 4 is 23.4 Å². The van der Waals surface area contributed by atoms with Gasteiger partial charge in [-0.1, -0.05) is 23.7 Å². The Kier molecular flexibility index (Phi) is 9.66. The van der Waals surface area contributed by atoms with Gasteiger partial charge in [-0.25, -0.2) is 0 Å². The molecule has 0 radical (unpaired) electrons. The molecule has 0 spiro atoms. The third-order valence-corrected chi connectivity index (χ3v) is 4.94. The zero-order chi connectivity index (χ0) is 22.8. The highest BCUT2D eigenvalue weighted by atomic mass is 35.5. The van der Waals surface area contributed by atoms with E-state index in [2.05, 4.69) is 5.32 Å². The molecule has 0 aliphatic carbocycles. The van der Waals surface area contributed by atoms with Crippen LogP contribution in [0.1, 0.15) is 39.2 Å². The number of methoxy groups -OCH3 is 1. The van der Waals surface area contributed by atoms with Gasteiger partial charge in [0.2, 0.25) is 11.8 Å². The van der Waals surface area contributed by atoms with Gasteiger partial charge in [-0.15, -0.1) is 0 Å². The largest absolute Gasteiger partial charge is 0.497 e. The van der Waals surface area contributed by atoms with Gasteiger partial charge in [0.25, 0.3) is 0 Å². The molecular weight excluding hydrogens is 416 g/mol. The Hall–Kier alpha value is -2.73. The molecule has 1 atom stereocenters. The number of rotatable bonds is 11. The number of carbonyl (C=O) groups excluding carboxylic acids is 2. The van der Waals surface area contributed by atoms with Crippen LogP contribution in [0.3, 0.4) is 0 Å². The summed E-state index contributed by atoms with van der Waals surface area (Å²) in [6, 6.07) is 14.0. The number of nitrogens with one attached hydrogen (secondary N) is 1. The van der Waals surface area contributed by atoms with E-state index in [4.69, 9.17) is 21.1 Å². The molecule has 2 rings (SSSR count). The first kappa shape index (κ1) is 24.5. The number of benzene rings is 2. The van der Waals surface area contributed by atoms with Crippen molar-refractivity contribution in [1.29, 1.82) is 0 Å². The number of nitrogens with zero attached hydrogens (tertiary/aromatic N) is 1. The second-order valence-corrected chi connectivity index (χ2v) is 8.05. The zero-order valence-corrected chi connectivity index (χ0v) is 19.3. The van der Waals surface area contributed by atoms with Gasteiger partial charge >= 0.3 is 0 Å². The summed E-state index contributed by atoms with van der Waals surface area (Å²) < 4.78 is 10.8. The predicted molar refractivity (Wildman–Crippen MR) is 122 cm³/mol. The van der Waals surface area contributed by atoms with Crippen molar-refractivity contribution in [3.05, 3.63) is 59.1 Å². The summed E-state index contributed by atoms with van der Waals surface area (Å²) in [6.45, 7) is 6.24. The number of amides is 2. The van der Waals surface area contributed by atoms with Gasteiger partial charge in [0, 0.05) is 24.0 Å². The van der Waals surface area contributed by atoms with E-state index in [1.54, 1.807) is 25.0 Å². The van der Waals surface area contributed by atoms with E-state index < -0.39 is 6.04 Å². The fourth-order valence-electron chi connectivity index (χ4n) is 3.05. The fraction of sp³-hybridized carbons (Fsp3) is 0.417. The minimum Gasteiger partial charge on any atom is -0.497 e. The van der Waals surface area contributed by atoms with Gasteiger partial charge in [0.1, 0.15) is 17.5 Å². The lowest BCUT2D eigenvalue weighted by Gasteiger charge is -2.29. The Morgan fingerprint density at radius 3 is 2.35 bits per heavy atom. The topological polar surface area (TPSA) is 67.9 Å². The van der Waals surface area contributed by atoms with Crippen molar-refractivity contribution in [2.45, 2.75) is 52.2 Å². The second-order valence-electron chi connectivity index (χ2n) is 7.62. The lowest BCUT2D eigenvalue weighted by atomic mass is 10.1. The van der Waals surface area contributed by atoms with Gasteiger partial charge in [0.15, 0.2) is 0 Å². The van der Waals surface area contributed by atoms with Crippen molar-refractivity contribution in [3.63, 3.8) is 0 Å². The van der Waals surface area contributed by atoms with Gasteiger partial charge < -0.3 is 19.7 Å². The van der Waals surface area contributed by atoms with Crippen molar-refractivity contribution in [2.75, 3.05) is 13.7 Å². The number of carbonyl (C=O) groups is 2. The standard InChI is InChI=1S/C24H31ClN2O4/c1-17(2)26-24(29)18(3)27(16-19-7-5-8-20(25)15-19)23(28)9-6-14-31-22-12-10-21(30-4)11-13-22/h5,7-8,10-13,15,17-18H,6,9,14,16H2,1-4H3,(H,26,29). The summed E-state index contributed by atoms with van der Waals surface area (Å²) in [7, 11) is 1.61. The highest BCUT2D eigenvalue weighted by Crippen LogP contribution is 2.18. The van der Waals surface area contributed by atoms with E-state index in [1.165, 1.54) is 0 Å². The molecule has 2 amide bonds. The maximum Gasteiger partial charge on any atom is 0.242 e. The molecule has 7 heteroatoms. The lowest BCUT2D eigenvalue weighted by Crippen LogP contribution is -2.49. The van der Waals surface area contributed by atoms with Crippen LogP contribution in [0, 0.1) is 0 Å². The first-order chi connectivity index (χ1) is 14.8. The molecule has 1 N–H and O–H groups in total. The molecule has 1 unspecified atom stereocenters. The summed E-state index contributed by atoms with van der Waals surface area (Å²) in [5.41, 5.74) is 0.875. The predicted octanol–water partition coefficient (Wildman–Crippen LogP) is 4.45. The van der Waals surface area contributed by atoms with Gasteiger partial charge in [-0.05, 0) is 69.2 Å².